The van der Waals surface area contributed by atoms with E-state index >= 15 is 0 Å². The first-order chi connectivity index (χ1) is 12.1. The molecule has 2 aliphatic rings. The summed E-state index contributed by atoms with van der Waals surface area (Å²) in [6, 6.07) is 6.36. The van der Waals surface area contributed by atoms with E-state index in [0.717, 1.165) is 32.6 Å². The van der Waals surface area contributed by atoms with Gasteiger partial charge in [-0.05, 0) is 18.6 Å². The fraction of sp³-hybridized carbons (Fsp3) is 0.471. The number of nitro groups is 1. The molecule has 1 unspecified atom stereocenters. The van der Waals surface area contributed by atoms with Gasteiger partial charge in [0.05, 0.1) is 4.92 Å². The van der Waals surface area contributed by atoms with E-state index in [1.54, 1.807) is 6.07 Å². The van der Waals surface area contributed by atoms with Crippen LogP contribution in [-0.2, 0) is 0 Å². The summed E-state index contributed by atoms with van der Waals surface area (Å²) in [4.78, 5) is 27.4. The van der Waals surface area contributed by atoms with E-state index in [1.165, 1.54) is 18.2 Å². The maximum absolute atomic E-state index is 12.7. The van der Waals surface area contributed by atoms with Crippen molar-refractivity contribution in [3.05, 3.63) is 40.1 Å². The first-order valence-corrected chi connectivity index (χ1v) is 8.54. The van der Waals surface area contributed by atoms with Crippen LogP contribution >= 0.6 is 12.4 Å². The third kappa shape index (κ3) is 3.53. The molecule has 1 aromatic carbocycles. The number of amides is 1. The predicted octanol–water partition coefficient (Wildman–Crippen LogP) is 1.88. The Balaban J connectivity index is 0.00000196. The van der Waals surface area contributed by atoms with Gasteiger partial charge in [0.2, 0.25) is 0 Å². The molecule has 2 fully saturated rings. The number of carbonyl (C=O) groups is 1. The summed E-state index contributed by atoms with van der Waals surface area (Å²) in [6.45, 7) is 5.43. The van der Waals surface area contributed by atoms with E-state index in [1.807, 2.05) is 4.90 Å². The largest absolute Gasteiger partial charge is 0.451 e. The third-order valence-corrected chi connectivity index (χ3v) is 5.04. The Labute approximate surface area is 156 Å². The minimum Gasteiger partial charge on any atom is -0.451 e. The van der Waals surface area contributed by atoms with Crippen LogP contribution in [0.4, 0.5) is 5.69 Å². The molecule has 0 spiro atoms. The molecule has 0 saturated carbocycles. The standard InChI is InChI=1S/C17H20N4O4.ClH/c22-17(20-6-3-14(11-20)19-7-4-18-5-8-19)16-10-12-9-13(21(23)24)1-2-15(12)25-16;/h1-2,9-10,14,18H,3-8,11H2;1H. The number of nitrogens with one attached hydrogen (secondary N) is 1. The number of rotatable bonds is 3. The number of hydrogen-bond donors (Lipinski definition) is 1. The molecular formula is C17H21ClN4O4. The van der Waals surface area contributed by atoms with Gasteiger partial charge in [0.1, 0.15) is 5.58 Å². The zero-order chi connectivity index (χ0) is 17.4. The van der Waals surface area contributed by atoms with Crippen LogP contribution in [0.2, 0.25) is 0 Å². The molecule has 1 atom stereocenters. The number of likely N-dealkylation sites (tertiary alicyclic amines) is 1. The second kappa shape index (κ2) is 7.61. The highest BCUT2D eigenvalue weighted by Gasteiger charge is 2.32. The maximum Gasteiger partial charge on any atom is 0.289 e. The molecule has 140 valence electrons. The molecule has 2 aliphatic heterocycles. The lowest BCUT2D eigenvalue weighted by atomic mass is 10.2. The number of nitrogens with zero attached hydrogens (tertiary/aromatic N) is 3. The van der Waals surface area contributed by atoms with Gasteiger partial charge in [0.15, 0.2) is 5.76 Å². The van der Waals surface area contributed by atoms with Gasteiger partial charge in [0.25, 0.3) is 11.6 Å². The van der Waals surface area contributed by atoms with Crippen molar-refractivity contribution in [1.29, 1.82) is 0 Å². The summed E-state index contributed by atoms with van der Waals surface area (Å²) >= 11 is 0. The fourth-order valence-corrected chi connectivity index (χ4v) is 3.68. The van der Waals surface area contributed by atoms with Crippen LogP contribution in [-0.4, -0.2) is 65.9 Å². The van der Waals surface area contributed by atoms with Crippen molar-refractivity contribution in [2.24, 2.45) is 0 Å². The second-order valence-corrected chi connectivity index (χ2v) is 6.57. The molecule has 3 heterocycles. The molecule has 4 rings (SSSR count). The molecule has 2 saturated heterocycles. The van der Waals surface area contributed by atoms with Gasteiger partial charge in [-0.15, -0.1) is 12.4 Å². The number of nitro benzene ring substituents is 1. The van der Waals surface area contributed by atoms with E-state index in [0.29, 0.717) is 30.1 Å². The monoisotopic (exact) mass is 380 g/mol. The minimum absolute atomic E-state index is 0. The summed E-state index contributed by atoms with van der Waals surface area (Å²) in [5.41, 5.74) is 0.485. The quantitative estimate of drug-likeness (QED) is 0.645. The molecule has 9 heteroatoms. The van der Waals surface area contributed by atoms with Gasteiger partial charge >= 0.3 is 0 Å². The second-order valence-electron chi connectivity index (χ2n) is 6.57. The van der Waals surface area contributed by atoms with Crippen molar-refractivity contribution >= 4 is 35.0 Å². The van der Waals surface area contributed by atoms with Crippen molar-refractivity contribution in [1.82, 2.24) is 15.1 Å². The van der Waals surface area contributed by atoms with Crippen molar-refractivity contribution in [2.75, 3.05) is 39.3 Å². The van der Waals surface area contributed by atoms with Crippen LogP contribution in [0.3, 0.4) is 0 Å². The summed E-state index contributed by atoms with van der Waals surface area (Å²) < 4.78 is 5.62. The number of hydrogen-bond acceptors (Lipinski definition) is 6. The van der Waals surface area contributed by atoms with Gasteiger partial charge in [-0.25, -0.2) is 0 Å². The van der Waals surface area contributed by atoms with E-state index in [-0.39, 0.29) is 29.8 Å². The van der Waals surface area contributed by atoms with E-state index in [2.05, 4.69) is 10.2 Å². The highest BCUT2D eigenvalue weighted by atomic mass is 35.5. The zero-order valence-electron chi connectivity index (χ0n) is 14.2. The van der Waals surface area contributed by atoms with Gasteiger partial charge < -0.3 is 14.6 Å². The smallest absolute Gasteiger partial charge is 0.289 e. The van der Waals surface area contributed by atoms with Crippen LogP contribution in [0, 0.1) is 10.1 Å². The average Bonchev–Trinajstić information content (AvgIpc) is 3.28. The number of furan rings is 1. The van der Waals surface area contributed by atoms with Crippen LogP contribution in [0.5, 0.6) is 0 Å². The van der Waals surface area contributed by atoms with Gasteiger partial charge in [-0.3, -0.25) is 19.8 Å². The minimum atomic E-state index is -0.452. The normalized spacial score (nSPS) is 20.9. The van der Waals surface area contributed by atoms with Crippen molar-refractivity contribution in [3.8, 4) is 0 Å². The Kier molecular flexibility index (Phi) is 5.45. The Morgan fingerprint density at radius 2 is 2.00 bits per heavy atom. The molecule has 8 nitrogen and oxygen atoms in total. The molecule has 1 amide bonds. The molecule has 1 aromatic heterocycles. The fourth-order valence-electron chi connectivity index (χ4n) is 3.68. The Bertz CT molecular complexity index is 818. The SMILES string of the molecule is Cl.O=C(c1cc2cc([N+](=O)[O-])ccc2o1)N1CCC(N2CCNCC2)C1. The molecule has 0 aliphatic carbocycles. The molecule has 1 N–H and O–H groups in total. The van der Waals surface area contributed by atoms with E-state index in [9.17, 15) is 14.9 Å². The van der Waals surface area contributed by atoms with Gasteiger partial charge in [-0.2, -0.15) is 0 Å². The lowest BCUT2D eigenvalue weighted by molar-refractivity contribution is -0.384. The van der Waals surface area contributed by atoms with Crippen LogP contribution in [0.1, 0.15) is 17.0 Å². The first kappa shape index (κ1) is 18.6. The summed E-state index contributed by atoms with van der Waals surface area (Å²) in [5.74, 6) is 0.105. The van der Waals surface area contributed by atoms with E-state index in [4.69, 9.17) is 4.42 Å². The van der Waals surface area contributed by atoms with Crippen molar-refractivity contribution < 1.29 is 14.1 Å². The van der Waals surface area contributed by atoms with Gasteiger partial charge in [0, 0.05) is 62.8 Å². The summed E-state index contributed by atoms with van der Waals surface area (Å²) in [6.07, 6.45) is 0.970. The van der Waals surface area contributed by atoms with Crippen LogP contribution < -0.4 is 5.32 Å². The lowest BCUT2D eigenvalue weighted by Crippen LogP contribution is -2.49. The van der Waals surface area contributed by atoms with Crippen molar-refractivity contribution in [2.45, 2.75) is 12.5 Å². The summed E-state index contributed by atoms with van der Waals surface area (Å²) in [7, 11) is 0. The van der Waals surface area contributed by atoms with Crippen LogP contribution in [0.15, 0.2) is 28.7 Å². The zero-order valence-corrected chi connectivity index (χ0v) is 15.0. The number of fused-ring (bicyclic) bond motifs is 1. The number of benzene rings is 1. The number of piperazine rings is 1. The Hall–Kier alpha value is -2.16. The highest BCUT2D eigenvalue weighted by Crippen LogP contribution is 2.26. The predicted molar refractivity (Wildman–Crippen MR) is 98.9 cm³/mol. The van der Waals surface area contributed by atoms with Gasteiger partial charge in [-0.1, -0.05) is 0 Å². The number of halogens is 1. The first-order valence-electron chi connectivity index (χ1n) is 8.54. The average molecular weight is 381 g/mol. The molecular weight excluding hydrogens is 360 g/mol. The number of carbonyl (C=O) groups excluding carboxylic acids is 1. The summed E-state index contributed by atoms with van der Waals surface area (Å²) in [5, 5.41) is 14.8. The molecule has 26 heavy (non-hydrogen) atoms. The van der Waals surface area contributed by atoms with Crippen molar-refractivity contribution in [3.63, 3.8) is 0 Å². The third-order valence-electron chi connectivity index (χ3n) is 5.04. The topological polar surface area (TPSA) is 91.9 Å². The van der Waals surface area contributed by atoms with E-state index < -0.39 is 4.92 Å². The molecule has 0 bridgehead atoms. The Morgan fingerprint density at radius 1 is 1.23 bits per heavy atom. The molecule has 2 aromatic rings. The Morgan fingerprint density at radius 3 is 2.73 bits per heavy atom. The van der Waals surface area contributed by atoms with Crippen LogP contribution in [0.25, 0.3) is 11.0 Å². The number of non-ortho nitro benzene ring substituents is 1. The lowest BCUT2D eigenvalue weighted by Gasteiger charge is -2.32. The highest BCUT2D eigenvalue weighted by molar-refractivity contribution is 5.96. The maximum atomic E-state index is 12.7. The molecule has 0 radical (unpaired) electrons.